The normalized spacial score (nSPS) is 11.7. The van der Waals surface area contributed by atoms with Crippen LogP contribution >= 0.6 is 90.7 Å². The molecule has 0 aliphatic heterocycles. The van der Waals surface area contributed by atoms with Crippen molar-refractivity contribution in [1.29, 1.82) is 0 Å². The van der Waals surface area contributed by atoms with Crippen LogP contribution in [0.3, 0.4) is 0 Å². The number of thiophene rings is 8. The summed E-state index contributed by atoms with van der Waals surface area (Å²) in [5.41, 5.74) is 5.71. The van der Waals surface area contributed by atoms with Crippen molar-refractivity contribution in [2.75, 3.05) is 0 Å². The van der Waals surface area contributed by atoms with Crippen molar-refractivity contribution in [2.45, 2.75) is 156 Å². The van der Waals surface area contributed by atoms with Crippen LogP contribution in [0.5, 0.6) is 0 Å². The molecule has 0 atom stereocenters. The van der Waals surface area contributed by atoms with E-state index in [0.717, 1.165) is 30.6 Å². The van der Waals surface area contributed by atoms with E-state index in [2.05, 4.69) is 99.8 Å². The molecule has 8 aromatic rings. The number of aromatic carboxylic acids is 1. The molecule has 0 amide bonds. The Labute approximate surface area is 432 Å². The molecule has 0 aliphatic rings. The van der Waals surface area contributed by atoms with Gasteiger partial charge in [0.2, 0.25) is 0 Å². The van der Waals surface area contributed by atoms with Crippen LogP contribution in [-0.4, -0.2) is 11.1 Å². The van der Waals surface area contributed by atoms with E-state index in [-0.39, 0.29) is 0 Å². The quantitative estimate of drug-likeness (QED) is 0.0497. The van der Waals surface area contributed by atoms with Gasteiger partial charge >= 0.3 is 5.97 Å². The Kier molecular flexibility index (Phi) is 19.0. The summed E-state index contributed by atoms with van der Waals surface area (Å²) in [4.78, 5) is 31.4. The second-order valence-corrected chi connectivity index (χ2v) is 26.3. The van der Waals surface area contributed by atoms with Gasteiger partial charge < -0.3 is 5.11 Å². The second-order valence-electron chi connectivity index (χ2n) is 17.9. The minimum atomic E-state index is -0.826. The molecular formula is C57H66O2S8. The molecule has 0 bridgehead atoms. The summed E-state index contributed by atoms with van der Waals surface area (Å²) >= 11 is 15.0. The van der Waals surface area contributed by atoms with E-state index in [1.54, 1.807) is 0 Å². The summed E-state index contributed by atoms with van der Waals surface area (Å²) in [6.07, 6.45) is 24.4. The van der Waals surface area contributed by atoms with Crippen LogP contribution in [0.15, 0.2) is 78.2 Å². The third-order valence-electron chi connectivity index (χ3n) is 12.6. The van der Waals surface area contributed by atoms with Crippen LogP contribution in [0.4, 0.5) is 0 Å². The van der Waals surface area contributed by atoms with Gasteiger partial charge in [0.15, 0.2) is 0 Å². The lowest BCUT2D eigenvalue weighted by atomic mass is 10.0. The molecule has 0 aliphatic carbocycles. The molecule has 0 radical (unpaired) electrons. The lowest BCUT2D eigenvalue weighted by Gasteiger charge is -2.02. The molecule has 8 rings (SSSR count). The van der Waals surface area contributed by atoms with E-state index in [4.69, 9.17) is 0 Å². The van der Waals surface area contributed by atoms with Crippen molar-refractivity contribution in [3.8, 4) is 68.3 Å². The van der Waals surface area contributed by atoms with E-state index < -0.39 is 5.97 Å². The maximum atomic E-state index is 12.0. The topological polar surface area (TPSA) is 37.3 Å². The minimum absolute atomic E-state index is 0.443. The van der Waals surface area contributed by atoms with Crippen molar-refractivity contribution in [3.63, 3.8) is 0 Å². The molecule has 10 heteroatoms. The lowest BCUT2D eigenvalue weighted by Crippen LogP contribution is -1.90. The highest BCUT2D eigenvalue weighted by atomic mass is 32.1. The van der Waals surface area contributed by atoms with Gasteiger partial charge in [-0.2, -0.15) is 0 Å². The largest absolute Gasteiger partial charge is 0.477 e. The number of hydrogen-bond donors (Lipinski definition) is 1. The summed E-state index contributed by atoms with van der Waals surface area (Å²) < 4.78 is 0. The zero-order valence-electron chi connectivity index (χ0n) is 39.8. The molecule has 2 nitrogen and oxygen atoms in total. The highest BCUT2D eigenvalue weighted by molar-refractivity contribution is 7.31. The van der Waals surface area contributed by atoms with Crippen molar-refractivity contribution in [3.05, 3.63) is 105 Å². The Balaban J connectivity index is 1.06. The Bertz CT molecular complexity index is 2770. The first-order valence-corrected chi connectivity index (χ1v) is 31.6. The highest BCUT2D eigenvalue weighted by Gasteiger charge is 2.22. The number of carbonyl (C=O) groups is 1. The predicted octanol–water partition coefficient (Wildman–Crippen LogP) is 22.0. The molecular weight excluding hydrogens is 973 g/mol. The summed E-state index contributed by atoms with van der Waals surface area (Å²) in [5.74, 6) is -0.826. The molecule has 8 heterocycles. The van der Waals surface area contributed by atoms with Gasteiger partial charge in [-0.25, -0.2) is 4.79 Å². The van der Waals surface area contributed by atoms with Crippen LogP contribution in [0.1, 0.15) is 162 Å². The lowest BCUT2D eigenvalue weighted by molar-refractivity contribution is 0.0702. The molecule has 0 saturated carbocycles. The van der Waals surface area contributed by atoms with Crippen molar-refractivity contribution < 1.29 is 9.90 Å². The average Bonchev–Trinajstić information content (AvgIpc) is 4.17. The summed E-state index contributed by atoms with van der Waals surface area (Å²) in [6, 6.07) is 28.0. The Morgan fingerprint density at radius 1 is 0.358 bits per heavy atom. The standard InChI is InChI=1S/C57H66O2S8/c1-5-9-13-17-21-38-33-34-60-53(38)46-29-25-42(61-46)43-26-30-47(62-43)54-39(22-18-14-10-6-2)35-50(65-54)51-36-40(23-19-15-11-7-3)55(66-51)48-31-27-44(63-48)45-28-32-49(64-45)56-41(24-20-16-12-8-4)37-52(67-56)57(58)59/h25-37H,5-24H2,1-4H3,(H,58,59). The highest BCUT2D eigenvalue weighted by Crippen LogP contribution is 2.51. The zero-order valence-corrected chi connectivity index (χ0v) is 46.3. The van der Waals surface area contributed by atoms with Gasteiger partial charge in [0.1, 0.15) is 4.88 Å². The third-order valence-corrected chi connectivity index (χ3v) is 22.8. The fourth-order valence-electron chi connectivity index (χ4n) is 8.90. The zero-order chi connectivity index (χ0) is 46.5. The van der Waals surface area contributed by atoms with E-state index in [1.807, 2.05) is 85.4 Å². The monoisotopic (exact) mass is 1040 g/mol. The van der Waals surface area contributed by atoms with E-state index in [1.165, 1.54) is 200 Å². The molecule has 0 unspecified atom stereocenters. The number of carboxylic acid groups (broad SMARTS) is 1. The number of unbranched alkanes of at least 4 members (excludes halogenated alkanes) is 12. The van der Waals surface area contributed by atoms with Crippen molar-refractivity contribution in [1.82, 2.24) is 0 Å². The van der Waals surface area contributed by atoms with Crippen LogP contribution in [0, 0.1) is 0 Å². The Morgan fingerprint density at radius 2 is 0.701 bits per heavy atom. The summed E-state index contributed by atoms with van der Waals surface area (Å²) in [5, 5.41) is 12.2. The molecule has 0 saturated heterocycles. The van der Waals surface area contributed by atoms with E-state index in [0.29, 0.717) is 4.88 Å². The van der Waals surface area contributed by atoms with E-state index >= 15 is 0 Å². The number of rotatable bonds is 28. The second kappa shape index (κ2) is 25.3. The molecule has 67 heavy (non-hydrogen) atoms. The van der Waals surface area contributed by atoms with Crippen LogP contribution in [-0.2, 0) is 25.7 Å². The van der Waals surface area contributed by atoms with Gasteiger partial charge in [-0.15, -0.1) is 90.7 Å². The maximum absolute atomic E-state index is 12.0. The first-order valence-electron chi connectivity index (χ1n) is 25.0. The molecule has 8 aromatic heterocycles. The Morgan fingerprint density at radius 3 is 1.09 bits per heavy atom. The average molecular weight is 1040 g/mol. The first kappa shape index (κ1) is 50.5. The summed E-state index contributed by atoms with van der Waals surface area (Å²) in [7, 11) is 0. The van der Waals surface area contributed by atoms with Crippen molar-refractivity contribution in [2.24, 2.45) is 0 Å². The van der Waals surface area contributed by atoms with E-state index in [9.17, 15) is 9.90 Å². The number of hydrogen-bond acceptors (Lipinski definition) is 9. The summed E-state index contributed by atoms with van der Waals surface area (Å²) in [6.45, 7) is 9.13. The van der Waals surface area contributed by atoms with Gasteiger partial charge in [0.05, 0.1) is 0 Å². The molecule has 354 valence electrons. The molecule has 0 fully saturated rings. The SMILES string of the molecule is CCCCCCc1ccsc1-c1ccc(-c2ccc(-c3sc(-c4cc(CCCCCC)c(-c5ccc(-c6ccc(-c7sc(C(=O)O)cc7CCCCCC)s6)s5)s4)cc3CCCCCC)s2)s1. The molecule has 1 N–H and O–H groups in total. The van der Waals surface area contributed by atoms with Gasteiger partial charge in [0.25, 0.3) is 0 Å². The van der Waals surface area contributed by atoms with Gasteiger partial charge in [-0.05, 0) is 152 Å². The molecule has 0 aromatic carbocycles. The molecule has 0 spiro atoms. The van der Waals surface area contributed by atoms with Gasteiger partial charge in [0, 0.05) is 68.3 Å². The minimum Gasteiger partial charge on any atom is -0.477 e. The van der Waals surface area contributed by atoms with Gasteiger partial charge in [-0.3, -0.25) is 0 Å². The Hall–Kier alpha value is -2.93. The number of aryl methyl sites for hydroxylation is 4. The van der Waals surface area contributed by atoms with Gasteiger partial charge in [-0.1, -0.05) is 105 Å². The number of carboxylic acids is 1. The fraction of sp³-hybridized carbons (Fsp3) is 0.421. The first-order chi connectivity index (χ1) is 32.9. The van der Waals surface area contributed by atoms with Crippen molar-refractivity contribution >= 4 is 96.7 Å². The van der Waals surface area contributed by atoms with Crippen LogP contribution in [0.25, 0.3) is 68.3 Å². The third kappa shape index (κ3) is 12.9. The van der Waals surface area contributed by atoms with Crippen LogP contribution in [0.2, 0.25) is 0 Å². The fourth-order valence-corrected chi connectivity index (χ4v) is 18.2. The maximum Gasteiger partial charge on any atom is 0.345 e. The van der Waals surface area contributed by atoms with Crippen LogP contribution < -0.4 is 0 Å². The smallest absolute Gasteiger partial charge is 0.345 e. The predicted molar refractivity (Wildman–Crippen MR) is 306 cm³/mol.